The number of carbonyl (C=O) groups excluding carboxylic acids is 2. The van der Waals surface area contributed by atoms with Crippen molar-refractivity contribution in [2.45, 2.75) is 26.2 Å². The molecule has 23 heavy (non-hydrogen) atoms. The fraction of sp³-hybridized carbons (Fsp3) is 0.556. The zero-order valence-electron chi connectivity index (χ0n) is 13.9. The number of carbonyl (C=O) groups is 2. The molecule has 0 amide bonds. The zero-order chi connectivity index (χ0) is 16.7. The molecule has 0 atom stereocenters. The molecule has 1 heterocycles. The third-order valence-electron chi connectivity index (χ3n) is 4.27. The molecular formula is C18H25NO4. The van der Waals surface area contributed by atoms with Crippen LogP contribution in [0, 0.1) is 5.92 Å². The van der Waals surface area contributed by atoms with E-state index < -0.39 is 0 Å². The minimum absolute atomic E-state index is 0.0171. The molecule has 1 fully saturated rings. The van der Waals surface area contributed by atoms with Gasteiger partial charge >= 0.3 is 5.97 Å². The lowest BCUT2D eigenvalue weighted by molar-refractivity contribution is -0.149. The standard InChI is InChI=1S/C18H25NO4/c1-3-23-18(21)15-8-11-19(12-9-15)13-10-17(20)14-4-6-16(22-2)7-5-14/h4-7,15H,3,8-13H2,1-2H3. The SMILES string of the molecule is CCOC(=O)C1CCN(CCC(=O)c2ccc(OC)cc2)CC1. The number of esters is 1. The number of hydrogen-bond acceptors (Lipinski definition) is 5. The normalized spacial score (nSPS) is 16.1. The molecule has 0 unspecified atom stereocenters. The van der Waals surface area contributed by atoms with Crippen LogP contribution in [0.5, 0.6) is 5.75 Å². The van der Waals surface area contributed by atoms with E-state index in [2.05, 4.69) is 4.90 Å². The summed E-state index contributed by atoms with van der Waals surface area (Å²) in [4.78, 5) is 26.2. The van der Waals surface area contributed by atoms with Crippen molar-refractivity contribution in [1.82, 2.24) is 4.90 Å². The quantitative estimate of drug-likeness (QED) is 0.571. The van der Waals surface area contributed by atoms with Crippen LogP contribution in [0.4, 0.5) is 0 Å². The summed E-state index contributed by atoms with van der Waals surface area (Å²) in [5.41, 5.74) is 0.715. The molecule has 1 aliphatic heterocycles. The van der Waals surface area contributed by atoms with Gasteiger partial charge in [-0.3, -0.25) is 9.59 Å². The van der Waals surface area contributed by atoms with Crippen LogP contribution in [-0.2, 0) is 9.53 Å². The van der Waals surface area contributed by atoms with Crippen molar-refractivity contribution in [3.63, 3.8) is 0 Å². The molecule has 0 aromatic heterocycles. The molecule has 1 aromatic carbocycles. The van der Waals surface area contributed by atoms with E-state index in [1.54, 1.807) is 31.4 Å². The summed E-state index contributed by atoms with van der Waals surface area (Å²) in [5.74, 6) is 0.827. The first-order valence-electron chi connectivity index (χ1n) is 8.20. The van der Waals surface area contributed by atoms with Crippen molar-refractivity contribution in [2.24, 2.45) is 5.92 Å². The maximum atomic E-state index is 12.2. The molecule has 2 rings (SSSR count). The highest BCUT2D eigenvalue weighted by atomic mass is 16.5. The van der Waals surface area contributed by atoms with E-state index in [1.807, 2.05) is 6.92 Å². The Morgan fingerprint density at radius 3 is 2.39 bits per heavy atom. The molecular weight excluding hydrogens is 294 g/mol. The van der Waals surface area contributed by atoms with Gasteiger partial charge in [-0.1, -0.05) is 0 Å². The Labute approximate surface area is 137 Å². The van der Waals surface area contributed by atoms with Crippen molar-refractivity contribution in [3.05, 3.63) is 29.8 Å². The van der Waals surface area contributed by atoms with Crippen molar-refractivity contribution in [2.75, 3.05) is 33.4 Å². The van der Waals surface area contributed by atoms with Crippen LogP contribution in [0.3, 0.4) is 0 Å². The Bertz CT molecular complexity index is 518. The van der Waals surface area contributed by atoms with Gasteiger partial charge in [0.1, 0.15) is 5.75 Å². The summed E-state index contributed by atoms with van der Waals surface area (Å²) in [5, 5.41) is 0. The molecule has 0 aliphatic carbocycles. The lowest BCUT2D eigenvalue weighted by Gasteiger charge is -2.30. The van der Waals surface area contributed by atoms with Crippen LogP contribution in [0.15, 0.2) is 24.3 Å². The Kier molecular flexibility index (Phi) is 6.59. The smallest absolute Gasteiger partial charge is 0.309 e. The Morgan fingerprint density at radius 1 is 1.17 bits per heavy atom. The number of piperidine rings is 1. The third kappa shape index (κ3) is 5.06. The largest absolute Gasteiger partial charge is 0.497 e. The van der Waals surface area contributed by atoms with Gasteiger partial charge in [0.05, 0.1) is 19.6 Å². The average molecular weight is 319 g/mol. The molecule has 126 valence electrons. The molecule has 1 saturated heterocycles. The van der Waals surface area contributed by atoms with Gasteiger partial charge in [0.25, 0.3) is 0 Å². The maximum absolute atomic E-state index is 12.2. The molecule has 1 aliphatic rings. The van der Waals surface area contributed by atoms with Crippen LogP contribution >= 0.6 is 0 Å². The van der Waals surface area contributed by atoms with Crippen LogP contribution < -0.4 is 4.74 Å². The fourth-order valence-electron chi connectivity index (χ4n) is 2.83. The second-order valence-corrected chi connectivity index (χ2v) is 5.77. The van der Waals surface area contributed by atoms with Crippen molar-refractivity contribution in [3.8, 4) is 5.75 Å². The molecule has 5 nitrogen and oxygen atoms in total. The summed E-state index contributed by atoms with van der Waals surface area (Å²) in [6, 6.07) is 7.21. The molecule has 0 bridgehead atoms. The highest BCUT2D eigenvalue weighted by molar-refractivity contribution is 5.96. The summed E-state index contributed by atoms with van der Waals surface area (Å²) in [6.45, 7) is 4.70. The molecule has 0 radical (unpaired) electrons. The Balaban J connectivity index is 1.74. The van der Waals surface area contributed by atoms with Crippen molar-refractivity contribution >= 4 is 11.8 Å². The van der Waals surface area contributed by atoms with E-state index >= 15 is 0 Å². The second kappa shape index (κ2) is 8.67. The lowest BCUT2D eigenvalue weighted by atomic mass is 9.96. The summed E-state index contributed by atoms with van der Waals surface area (Å²) in [7, 11) is 1.61. The number of Topliss-reactive ketones (excluding diaryl/α,β-unsaturated/α-hetero) is 1. The average Bonchev–Trinajstić information content (AvgIpc) is 2.60. The molecule has 1 aromatic rings. The lowest BCUT2D eigenvalue weighted by Crippen LogP contribution is -2.38. The summed E-state index contributed by atoms with van der Waals surface area (Å²) in [6.07, 6.45) is 2.13. The van der Waals surface area contributed by atoms with Gasteiger partial charge in [0, 0.05) is 18.5 Å². The second-order valence-electron chi connectivity index (χ2n) is 5.77. The predicted octanol–water partition coefficient (Wildman–Crippen LogP) is 2.54. The minimum Gasteiger partial charge on any atom is -0.497 e. The van der Waals surface area contributed by atoms with E-state index in [9.17, 15) is 9.59 Å². The van der Waals surface area contributed by atoms with E-state index in [0.717, 1.165) is 38.2 Å². The van der Waals surface area contributed by atoms with Gasteiger partial charge < -0.3 is 14.4 Å². The summed E-state index contributed by atoms with van der Waals surface area (Å²) >= 11 is 0. The number of ether oxygens (including phenoxy) is 2. The topological polar surface area (TPSA) is 55.8 Å². The zero-order valence-corrected chi connectivity index (χ0v) is 13.9. The Hall–Kier alpha value is -1.88. The molecule has 0 N–H and O–H groups in total. The number of hydrogen-bond donors (Lipinski definition) is 0. The van der Waals surface area contributed by atoms with Gasteiger partial charge in [0.15, 0.2) is 5.78 Å². The van der Waals surface area contributed by atoms with E-state index in [0.29, 0.717) is 18.6 Å². The first-order valence-corrected chi connectivity index (χ1v) is 8.20. The number of rotatable bonds is 7. The fourth-order valence-corrected chi connectivity index (χ4v) is 2.83. The van der Waals surface area contributed by atoms with E-state index in [1.165, 1.54) is 0 Å². The van der Waals surface area contributed by atoms with Gasteiger partial charge in [-0.25, -0.2) is 0 Å². The minimum atomic E-state index is -0.0820. The molecule has 0 saturated carbocycles. The van der Waals surface area contributed by atoms with Crippen LogP contribution in [0.1, 0.15) is 36.5 Å². The number of likely N-dealkylation sites (tertiary alicyclic amines) is 1. The monoisotopic (exact) mass is 319 g/mol. The van der Waals surface area contributed by atoms with Gasteiger partial charge in [-0.05, 0) is 57.1 Å². The predicted molar refractivity (Wildman–Crippen MR) is 87.7 cm³/mol. The summed E-state index contributed by atoms with van der Waals surface area (Å²) < 4.78 is 10.2. The molecule has 5 heteroatoms. The van der Waals surface area contributed by atoms with E-state index in [-0.39, 0.29) is 17.7 Å². The number of methoxy groups -OCH3 is 1. The Morgan fingerprint density at radius 2 is 1.83 bits per heavy atom. The maximum Gasteiger partial charge on any atom is 0.309 e. The third-order valence-corrected chi connectivity index (χ3v) is 4.27. The van der Waals surface area contributed by atoms with Crippen LogP contribution in [0.25, 0.3) is 0 Å². The van der Waals surface area contributed by atoms with Gasteiger partial charge in [-0.15, -0.1) is 0 Å². The number of benzene rings is 1. The first kappa shape index (κ1) is 17.5. The van der Waals surface area contributed by atoms with Gasteiger partial charge in [-0.2, -0.15) is 0 Å². The number of ketones is 1. The molecule has 0 spiro atoms. The first-order chi connectivity index (χ1) is 11.1. The van der Waals surface area contributed by atoms with Crippen molar-refractivity contribution < 1.29 is 19.1 Å². The highest BCUT2D eigenvalue weighted by Crippen LogP contribution is 2.19. The van der Waals surface area contributed by atoms with E-state index in [4.69, 9.17) is 9.47 Å². The highest BCUT2D eigenvalue weighted by Gasteiger charge is 2.26. The number of nitrogens with zero attached hydrogens (tertiary/aromatic N) is 1. The van der Waals surface area contributed by atoms with Crippen molar-refractivity contribution in [1.29, 1.82) is 0 Å². The van der Waals surface area contributed by atoms with Crippen LogP contribution in [-0.4, -0.2) is 50.0 Å². The van der Waals surface area contributed by atoms with Gasteiger partial charge in [0.2, 0.25) is 0 Å². The van der Waals surface area contributed by atoms with Crippen LogP contribution in [0.2, 0.25) is 0 Å².